The summed E-state index contributed by atoms with van der Waals surface area (Å²) in [7, 11) is 2.08. The Balaban J connectivity index is 0.000000245. The smallest absolute Gasteiger partial charge is 0.237 e. The maximum atomic E-state index is 5.04. The molecule has 8 heteroatoms. The topological polar surface area (TPSA) is 70.9 Å². The van der Waals surface area contributed by atoms with E-state index in [-0.39, 0.29) is 20.1 Å². The summed E-state index contributed by atoms with van der Waals surface area (Å²) < 4.78 is 0. The third kappa shape index (κ3) is 7.56. The van der Waals surface area contributed by atoms with Gasteiger partial charge in [-0.15, -0.1) is 52.6 Å². The second kappa shape index (κ2) is 16.4. The Hall–Kier alpha value is -6.34. The summed E-state index contributed by atoms with van der Waals surface area (Å²) in [6, 6.07) is 53.2. The van der Waals surface area contributed by atoms with Crippen molar-refractivity contribution < 1.29 is 20.1 Å². The molecule has 0 saturated heterocycles. The molecule has 9 rings (SSSR count). The van der Waals surface area contributed by atoms with Crippen LogP contribution in [0.15, 0.2) is 152 Å². The van der Waals surface area contributed by atoms with E-state index in [9.17, 15) is 0 Å². The van der Waals surface area contributed by atoms with Gasteiger partial charge in [-0.2, -0.15) is 9.97 Å². The Kier molecular flexibility index (Phi) is 11.0. The second-order valence-corrected chi connectivity index (χ2v) is 13.0. The van der Waals surface area contributed by atoms with Crippen LogP contribution in [0.3, 0.4) is 0 Å². The summed E-state index contributed by atoms with van der Waals surface area (Å²) in [6.45, 7) is 6.35. The van der Waals surface area contributed by atoms with Gasteiger partial charge in [0.2, 0.25) is 5.95 Å². The predicted octanol–water partition coefficient (Wildman–Crippen LogP) is 11.1. The van der Waals surface area contributed by atoms with E-state index < -0.39 is 0 Å². The number of hydrogen-bond donors (Lipinski definition) is 0. The fourth-order valence-corrected chi connectivity index (χ4v) is 6.62. The van der Waals surface area contributed by atoms with Gasteiger partial charge in [-0.3, -0.25) is 4.90 Å². The monoisotopic (exact) mass is 892 g/mol. The molecule has 0 fully saturated rings. The first-order valence-electron chi connectivity index (χ1n) is 17.8. The van der Waals surface area contributed by atoms with Gasteiger partial charge < -0.3 is 14.9 Å². The van der Waals surface area contributed by atoms with Crippen molar-refractivity contribution >= 4 is 28.7 Å². The summed E-state index contributed by atoms with van der Waals surface area (Å²) >= 11 is 0. The Morgan fingerprint density at radius 1 is 0.564 bits per heavy atom. The Bertz CT molecular complexity index is 2470. The molecule has 1 aliphatic heterocycles. The van der Waals surface area contributed by atoms with Crippen molar-refractivity contribution in [3.8, 4) is 45.3 Å². The van der Waals surface area contributed by atoms with Gasteiger partial charge in [0.1, 0.15) is 0 Å². The van der Waals surface area contributed by atoms with E-state index in [2.05, 4.69) is 84.0 Å². The number of benzene rings is 5. The van der Waals surface area contributed by atoms with Crippen LogP contribution >= 0.6 is 0 Å². The van der Waals surface area contributed by atoms with Crippen LogP contribution in [0.25, 0.3) is 45.3 Å². The average molecular weight is 892 g/mol. The van der Waals surface area contributed by atoms with Gasteiger partial charge in [-0.25, -0.2) is 4.98 Å². The van der Waals surface area contributed by atoms with Gasteiger partial charge in [-0.05, 0) is 47.0 Å². The number of aryl methyl sites for hydroxylation is 2. The molecule has 0 spiro atoms. The molecule has 0 unspecified atom stereocenters. The van der Waals surface area contributed by atoms with E-state index in [0.29, 0.717) is 17.6 Å². The predicted molar refractivity (Wildman–Crippen MR) is 218 cm³/mol. The maximum Gasteiger partial charge on any atom is 0.237 e. The molecule has 7 nitrogen and oxygen atoms in total. The van der Waals surface area contributed by atoms with Gasteiger partial charge in [0.05, 0.1) is 11.4 Å². The van der Waals surface area contributed by atoms with Crippen molar-refractivity contribution in [2.24, 2.45) is 0 Å². The van der Waals surface area contributed by atoms with Crippen LogP contribution in [0.5, 0.6) is 0 Å². The molecule has 4 heterocycles. The third-order valence-corrected chi connectivity index (χ3v) is 9.60. The molecule has 3 aromatic heterocycles. The first kappa shape index (κ1) is 37.0. The minimum atomic E-state index is 0. The van der Waals surface area contributed by atoms with E-state index >= 15 is 0 Å². The van der Waals surface area contributed by atoms with Crippen LogP contribution in [0.1, 0.15) is 16.7 Å². The fourth-order valence-electron chi connectivity index (χ4n) is 6.62. The first-order valence-corrected chi connectivity index (χ1v) is 17.8. The molecule has 0 N–H and O–H groups in total. The molecule has 271 valence electrons. The maximum absolute atomic E-state index is 5.04. The number of rotatable bonds is 5. The molecule has 0 aliphatic carbocycles. The average Bonchev–Trinajstić information content (AvgIpc) is 3.24. The summed E-state index contributed by atoms with van der Waals surface area (Å²) in [5.74, 6) is 1.78. The normalized spacial score (nSPS) is 11.4. The zero-order valence-corrected chi connectivity index (χ0v) is 33.3. The zero-order chi connectivity index (χ0) is 37.0. The molecule has 1 aliphatic rings. The Morgan fingerprint density at radius 3 is 1.71 bits per heavy atom. The molecule has 0 atom stereocenters. The van der Waals surface area contributed by atoms with E-state index in [1.807, 2.05) is 121 Å². The van der Waals surface area contributed by atoms with Crippen molar-refractivity contribution in [2.45, 2.75) is 20.8 Å². The molecule has 1 radical (unpaired) electrons. The van der Waals surface area contributed by atoms with Crippen molar-refractivity contribution in [1.82, 2.24) is 24.9 Å². The Morgan fingerprint density at radius 2 is 1.13 bits per heavy atom. The van der Waals surface area contributed by atoms with Crippen LogP contribution in [0, 0.1) is 32.9 Å². The van der Waals surface area contributed by atoms with E-state index in [4.69, 9.17) is 15.0 Å². The number of anilines is 5. The van der Waals surface area contributed by atoms with Gasteiger partial charge >= 0.3 is 0 Å². The van der Waals surface area contributed by atoms with Gasteiger partial charge in [0.25, 0.3) is 0 Å². The molecule has 55 heavy (non-hydrogen) atoms. The van der Waals surface area contributed by atoms with Gasteiger partial charge in [-0.1, -0.05) is 123 Å². The van der Waals surface area contributed by atoms with Crippen molar-refractivity contribution in [1.29, 1.82) is 0 Å². The van der Waals surface area contributed by atoms with E-state index in [0.717, 1.165) is 56.4 Å². The SMILES string of the molecule is CN1c2ccccc2N(c2nc(-c3ccccc3)nc(-c3ccccc3)n2)c2cc[c-]c(-c3ccccn3)c21.Cc1[c-]c(-c2ccccn2)cc(C)c1C.[Ir]. The zero-order valence-electron chi connectivity index (χ0n) is 30.9. The summed E-state index contributed by atoms with van der Waals surface area (Å²) in [5.41, 5.74) is 13.4. The van der Waals surface area contributed by atoms with Crippen LogP contribution in [-0.2, 0) is 20.1 Å². The molecule has 0 amide bonds. The number of fused-ring (bicyclic) bond motifs is 2. The summed E-state index contributed by atoms with van der Waals surface area (Å²) in [5, 5.41) is 0. The van der Waals surface area contributed by atoms with Crippen LogP contribution < -0.4 is 9.80 Å². The minimum absolute atomic E-state index is 0. The van der Waals surface area contributed by atoms with Gasteiger partial charge in [0.15, 0.2) is 11.6 Å². The summed E-state index contributed by atoms with van der Waals surface area (Å²) in [4.78, 5) is 28.2. The molecule has 0 saturated carbocycles. The third-order valence-electron chi connectivity index (χ3n) is 9.60. The molecule has 8 aromatic rings. The number of hydrogen-bond acceptors (Lipinski definition) is 7. The number of para-hydroxylation sites is 2. The van der Waals surface area contributed by atoms with Gasteiger partial charge in [0, 0.05) is 50.7 Å². The number of pyridine rings is 2. The van der Waals surface area contributed by atoms with Crippen molar-refractivity contribution in [2.75, 3.05) is 16.8 Å². The van der Waals surface area contributed by atoms with E-state index in [1.165, 1.54) is 16.7 Å². The Labute approximate surface area is 335 Å². The van der Waals surface area contributed by atoms with E-state index in [1.54, 1.807) is 6.20 Å². The number of nitrogens with zero attached hydrogens (tertiary/aromatic N) is 7. The van der Waals surface area contributed by atoms with Crippen LogP contribution in [0.2, 0.25) is 0 Å². The van der Waals surface area contributed by atoms with Crippen molar-refractivity contribution in [3.05, 3.63) is 181 Å². The number of aromatic nitrogens is 5. The van der Waals surface area contributed by atoms with Crippen molar-refractivity contribution in [3.63, 3.8) is 0 Å². The standard InChI is InChI=1S/C33H23N6.C14H14N.Ir/c1-38-27-19-8-9-20-28(27)39(29-21-12-17-25(30(29)38)26-18-10-11-22-34-26)33-36-31(23-13-4-2-5-14-23)35-32(37-33)24-15-6-3-7-16-24;1-10-8-13(9-11(2)12(10)3)14-6-4-5-7-15-14;/h2-16,18-22H,1H3;4-8H,1-3H3;/q2*-1;. The minimum Gasteiger partial charge on any atom is -0.381 e. The summed E-state index contributed by atoms with van der Waals surface area (Å²) in [6.07, 6.45) is 3.62. The van der Waals surface area contributed by atoms with Crippen LogP contribution in [0.4, 0.5) is 28.7 Å². The largest absolute Gasteiger partial charge is 0.381 e. The molecular weight excluding hydrogens is 855 g/mol. The molecule has 5 aromatic carbocycles. The quantitative estimate of drug-likeness (QED) is 0.159. The first-order chi connectivity index (χ1) is 26.5. The van der Waals surface area contributed by atoms with Crippen LogP contribution in [-0.4, -0.2) is 32.0 Å². The fraction of sp³-hybridized carbons (Fsp3) is 0.0851. The molecule has 0 bridgehead atoms. The molecular formula is C47H37IrN7-2. The second-order valence-electron chi connectivity index (χ2n) is 13.0.